The third kappa shape index (κ3) is 6.52. The maximum atomic E-state index is 12.4. The van der Waals surface area contributed by atoms with E-state index in [2.05, 4.69) is 10.3 Å². The molecule has 8 heteroatoms. The van der Waals surface area contributed by atoms with Gasteiger partial charge in [0.25, 0.3) is 5.91 Å². The van der Waals surface area contributed by atoms with Gasteiger partial charge in [0.1, 0.15) is 0 Å². The Balaban J connectivity index is 1.27. The lowest BCUT2D eigenvalue weighted by molar-refractivity contribution is -0.245. The SMILES string of the molecule is Cn1ccnc1SC[C@@H]1C[C@H](c2ccc(CO)cc2)O[C@H](c2ccc(CNC(=O)c3ccccc3)cc2)O1. The number of thioether (sulfide) groups is 1. The monoisotopic (exact) mass is 529 g/mol. The number of aliphatic hydroxyl groups is 1. The van der Waals surface area contributed by atoms with E-state index in [4.69, 9.17) is 9.47 Å². The fraction of sp³-hybridized carbons (Fsp3) is 0.267. The van der Waals surface area contributed by atoms with Gasteiger partial charge < -0.3 is 24.5 Å². The molecule has 3 aromatic carbocycles. The molecule has 4 aromatic rings. The molecule has 1 amide bonds. The zero-order valence-corrected chi connectivity index (χ0v) is 22.0. The van der Waals surface area contributed by atoms with Gasteiger partial charge in [-0.15, -0.1) is 0 Å². The van der Waals surface area contributed by atoms with Crippen LogP contribution < -0.4 is 5.32 Å². The predicted molar refractivity (Wildman–Crippen MR) is 146 cm³/mol. The van der Waals surface area contributed by atoms with Gasteiger partial charge in [-0.3, -0.25) is 4.79 Å². The number of hydrogen-bond donors (Lipinski definition) is 2. The number of rotatable bonds is 9. The molecular weight excluding hydrogens is 498 g/mol. The first-order chi connectivity index (χ1) is 18.6. The summed E-state index contributed by atoms with van der Waals surface area (Å²) in [7, 11) is 1.98. The van der Waals surface area contributed by atoms with Gasteiger partial charge in [-0.2, -0.15) is 0 Å². The number of aromatic nitrogens is 2. The van der Waals surface area contributed by atoms with Gasteiger partial charge >= 0.3 is 0 Å². The molecular formula is C30H31N3O4S. The van der Waals surface area contributed by atoms with Crippen molar-refractivity contribution in [2.24, 2.45) is 7.05 Å². The molecule has 0 spiro atoms. The number of aliphatic hydroxyl groups excluding tert-OH is 1. The van der Waals surface area contributed by atoms with Crippen molar-refractivity contribution in [2.45, 2.75) is 43.2 Å². The fourth-order valence-electron chi connectivity index (χ4n) is 4.35. The summed E-state index contributed by atoms with van der Waals surface area (Å²) in [5.74, 6) is 0.649. The third-order valence-corrected chi connectivity index (χ3v) is 7.72. The molecule has 7 nitrogen and oxygen atoms in total. The molecule has 0 aliphatic carbocycles. The maximum absolute atomic E-state index is 12.4. The average molecular weight is 530 g/mol. The fourth-order valence-corrected chi connectivity index (χ4v) is 5.30. The minimum Gasteiger partial charge on any atom is -0.392 e. The molecule has 0 bridgehead atoms. The molecule has 0 unspecified atom stereocenters. The van der Waals surface area contributed by atoms with E-state index in [1.54, 1.807) is 30.1 Å². The molecule has 2 N–H and O–H groups in total. The summed E-state index contributed by atoms with van der Waals surface area (Å²) in [5.41, 5.74) is 4.48. The molecule has 1 saturated heterocycles. The standard InChI is InChI=1S/C30H31N3O4S/c1-33-16-15-31-30(33)38-20-26-17-27(23-11-9-22(19-34)10-12-23)37-29(36-26)25-13-7-21(8-14-25)18-32-28(35)24-5-3-2-4-6-24/h2-16,26-27,29,34H,17-20H2,1H3,(H,32,35)/t26-,27+,29+/m0/s1. The summed E-state index contributed by atoms with van der Waals surface area (Å²) in [4.78, 5) is 16.8. The molecule has 1 aliphatic rings. The largest absolute Gasteiger partial charge is 0.392 e. The molecule has 5 rings (SSSR count). The highest BCUT2D eigenvalue weighted by Crippen LogP contribution is 2.39. The molecule has 0 radical (unpaired) electrons. The molecule has 0 saturated carbocycles. The molecule has 2 heterocycles. The van der Waals surface area contributed by atoms with Crippen molar-refractivity contribution in [3.8, 4) is 0 Å². The van der Waals surface area contributed by atoms with Gasteiger partial charge in [0.2, 0.25) is 0 Å². The van der Waals surface area contributed by atoms with E-state index >= 15 is 0 Å². The lowest BCUT2D eigenvalue weighted by Gasteiger charge is -2.36. The number of benzene rings is 3. The Labute approximate surface area is 226 Å². The predicted octanol–water partition coefficient (Wildman–Crippen LogP) is 5.18. The van der Waals surface area contributed by atoms with E-state index in [9.17, 15) is 9.90 Å². The van der Waals surface area contributed by atoms with Crippen molar-refractivity contribution >= 4 is 17.7 Å². The van der Waals surface area contributed by atoms with Gasteiger partial charge in [0.15, 0.2) is 11.4 Å². The lowest BCUT2D eigenvalue weighted by atomic mass is 10.0. The van der Waals surface area contributed by atoms with Crippen LogP contribution in [0.15, 0.2) is 96.4 Å². The molecule has 1 aromatic heterocycles. The van der Waals surface area contributed by atoms with E-state index in [1.807, 2.05) is 84.5 Å². The molecule has 1 aliphatic heterocycles. The number of amides is 1. The van der Waals surface area contributed by atoms with Gasteiger partial charge in [0, 0.05) is 49.3 Å². The van der Waals surface area contributed by atoms with E-state index in [-0.39, 0.29) is 24.7 Å². The molecule has 38 heavy (non-hydrogen) atoms. The van der Waals surface area contributed by atoms with Crippen molar-refractivity contribution in [3.63, 3.8) is 0 Å². The number of ether oxygens (including phenoxy) is 2. The van der Waals surface area contributed by atoms with Gasteiger partial charge in [-0.25, -0.2) is 4.98 Å². The van der Waals surface area contributed by atoms with Crippen molar-refractivity contribution in [1.29, 1.82) is 0 Å². The Kier molecular flexibility index (Phi) is 8.55. The summed E-state index contributed by atoms with van der Waals surface area (Å²) < 4.78 is 14.8. The average Bonchev–Trinajstić information content (AvgIpc) is 3.39. The van der Waals surface area contributed by atoms with Crippen LogP contribution in [0.3, 0.4) is 0 Å². The van der Waals surface area contributed by atoms with Crippen LogP contribution in [0.2, 0.25) is 0 Å². The lowest BCUT2D eigenvalue weighted by Crippen LogP contribution is -2.31. The van der Waals surface area contributed by atoms with E-state index in [0.29, 0.717) is 12.1 Å². The Hall–Kier alpha value is -3.43. The zero-order valence-electron chi connectivity index (χ0n) is 21.2. The number of carbonyl (C=O) groups excluding carboxylic acids is 1. The third-order valence-electron chi connectivity index (χ3n) is 6.53. The number of nitrogens with one attached hydrogen (secondary N) is 1. The van der Waals surface area contributed by atoms with Crippen LogP contribution in [-0.4, -0.2) is 32.4 Å². The Morgan fingerprint density at radius 3 is 2.39 bits per heavy atom. The Morgan fingerprint density at radius 2 is 1.71 bits per heavy atom. The van der Waals surface area contributed by atoms with Gasteiger partial charge in [0.05, 0.1) is 18.8 Å². The molecule has 1 fully saturated rings. The van der Waals surface area contributed by atoms with E-state index < -0.39 is 6.29 Å². The molecule has 196 valence electrons. The van der Waals surface area contributed by atoms with Gasteiger partial charge in [-0.05, 0) is 28.8 Å². The minimum absolute atomic E-state index is 0.0125. The summed E-state index contributed by atoms with van der Waals surface area (Å²) in [5, 5.41) is 13.3. The van der Waals surface area contributed by atoms with Crippen LogP contribution >= 0.6 is 11.8 Å². The highest BCUT2D eigenvalue weighted by Gasteiger charge is 2.32. The first kappa shape index (κ1) is 26.2. The van der Waals surface area contributed by atoms with Crippen LogP contribution in [0, 0.1) is 0 Å². The van der Waals surface area contributed by atoms with Crippen molar-refractivity contribution < 1.29 is 19.4 Å². The first-order valence-electron chi connectivity index (χ1n) is 12.6. The second kappa shape index (κ2) is 12.4. The smallest absolute Gasteiger partial charge is 0.251 e. The number of hydrogen-bond acceptors (Lipinski definition) is 6. The Bertz CT molecular complexity index is 1330. The van der Waals surface area contributed by atoms with E-state index in [0.717, 1.165) is 39.6 Å². The van der Waals surface area contributed by atoms with Crippen molar-refractivity contribution in [2.75, 3.05) is 5.75 Å². The Morgan fingerprint density at radius 1 is 1.00 bits per heavy atom. The first-order valence-corrected chi connectivity index (χ1v) is 13.6. The van der Waals surface area contributed by atoms with Crippen LogP contribution in [-0.2, 0) is 29.7 Å². The number of aryl methyl sites for hydroxylation is 1. The summed E-state index contributed by atoms with van der Waals surface area (Å²) in [6.07, 6.45) is 3.75. The quantitative estimate of drug-likeness (QED) is 0.291. The summed E-state index contributed by atoms with van der Waals surface area (Å²) in [6.45, 7) is 0.446. The normalized spacial score (nSPS) is 19.3. The van der Waals surface area contributed by atoms with Crippen LogP contribution in [0.5, 0.6) is 0 Å². The van der Waals surface area contributed by atoms with Crippen molar-refractivity contribution in [3.05, 3.63) is 119 Å². The molecule has 3 atom stereocenters. The second-order valence-corrected chi connectivity index (χ2v) is 10.3. The minimum atomic E-state index is -0.522. The highest BCUT2D eigenvalue weighted by molar-refractivity contribution is 7.99. The number of carbonyl (C=O) groups is 1. The number of nitrogens with zero attached hydrogens (tertiary/aromatic N) is 2. The van der Waals surface area contributed by atoms with Crippen molar-refractivity contribution in [1.82, 2.24) is 14.9 Å². The topological polar surface area (TPSA) is 85.6 Å². The highest BCUT2D eigenvalue weighted by atomic mass is 32.2. The maximum Gasteiger partial charge on any atom is 0.251 e. The second-order valence-electron chi connectivity index (χ2n) is 9.27. The zero-order chi connectivity index (χ0) is 26.3. The summed E-state index contributed by atoms with van der Waals surface area (Å²) in [6, 6.07) is 25.0. The van der Waals surface area contributed by atoms with Crippen LogP contribution in [0.25, 0.3) is 0 Å². The summed E-state index contributed by atoms with van der Waals surface area (Å²) >= 11 is 1.67. The number of imidazole rings is 1. The van der Waals surface area contributed by atoms with Crippen LogP contribution in [0.1, 0.15) is 51.4 Å². The van der Waals surface area contributed by atoms with E-state index in [1.165, 1.54) is 0 Å². The van der Waals surface area contributed by atoms with Crippen LogP contribution in [0.4, 0.5) is 0 Å². The van der Waals surface area contributed by atoms with Gasteiger partial charge in [-0.1, -0.05) is 78.5 Å².